The van der Waals surface area contributed by atoms with Crippen molar-refractivity contribution < 1.29 is 9.47 Å². The number of benzene rings is 1. The highest BCUT2D eigenvalue weighted by molar-refractivity contribution is 6.30. The second-order valence-electron chi connectivity index (χ2n) is 6.85. The zero-order valence-corrected chi connectivity index (χ0v) is 16.4. The first-order valence-electron chi connectivity index (χ1n) is 9.36. The first kappa shape index (κ1) is 18.8. The molecular weight excluding hydrogens is 378 g/mol. The van der Waals surface area contributed by atoms with Gasteiger partial charge in [0.1, 0.15) is 18.5 Å². The third-order valence-corrected chi connectivity index (χ3v) is 5.23. The molecule has 2 heterocycles. The predicted molar refractivity (Wildman–Crippen MR) is 105 cm³/mol. The molecule has 3 aromatic rings. The molecule has 0 saturated heterocycles. The number of rotatable bonds is 6. The molecule has 4 rings (SSSR count). The van der Waals surface area contributed by atoms with E-state index < -0.39 is 0 Å². The van der Waals surface area contributed by atoms with Gasteiger partial charge < -0.3 is 9.47 Å². The standard InChI is InChI=1S/C20H22ClN5O2/c1-27-13-18-24-25-20(26(18)16-6-4-15(21)5-7-16)14-2-8-17(9-3-14)28-19-12-22-10-11-23-19/h4-7,10-12,14,17H,2-3,8-9,13H2,1H3. The van der Waals surface area contributed by atoms with E-state index in [-0.39, 0.29) is 6.10 Å². The molecule has 1 fully saturated rings. The largest absolute Gasteiger partial charge is 0.473 e. The minimum Gasteiger partial charge on any atom is -0.473 e. The molecule has 0 bridgehead atoms. The third-order valence-electron chi connectivity index (χ3n) is 4.98. The topological polar surface area (TPSA) is 75.0 Å². The number of methoxy groups -OCH3 is 1. The van der Waals surface area contributed by atoms with Gasteiger partial charge in [-0.3, -0.25) is 9.55 Å². The Morgan fingerprint density at radius 2 is 1.86 bits per heavy atom. The van der Waals surface area contributed by atoms with Gasteiger partial charge in [-0.25, -0.2) is 4.98 Å². The fraction of sp³-hybridized carbons (Fsp3) is 0.400. The van der Waals surface area contributed by atoms with Crippen LogP contribution in [0.2, 0.25) is 5.02 Å². The van der Waals surface area contributed by atoms with Gasteiger partial charge in [-0.15, -0.1) is 10.2 Å². The maximum Gasteiger partial charge on any atom is 0.232 e. The molecule has 8 heteroatoms. The molecule has 0 spiro atoms. The van der Waals surface area contributed by atoms with Crippen LogP contribution >= 0.6 is 11.6 Å². The summed E-state index contributed by atoms with van der Waals surface area (Å²) in [6.07, 6.45) is 8.92. The van der Waals surface area contributed by atoms with Gasteiger partial charge in [-0.2, -0.15) is 0 Å². The van der Waals surface area contributed by atoms with Crippen LogP contribution in [0.15, 0.2) is 42.9 Å². The van der Waals surface area contributed by atoms with Crippen LogP contribution in [0, 0.1) is 0 Å². The van der Waals surface area contributed by atoms with E-state index in [1.165, 1.54) is 0 Å². The Kier molecular flexibility index (Phi) is 5.83. The summed E-state index contributed by atoms with van der Waals surface area (Å²) in [7, 11) is 1.66. The highest BCUT2D eigenvalue weighted by Crippen LogP contribution is 2.35. The molecule has 1 saturated carbocycles. The van der Waals surface area contributed by atoms with E-state index in [1.54, 1.807) is 25.7 Å². The van der Waals surface area contributed by atoms with Gasteiger partial charge in [0.15, 0.2) is 5.82 Å². The quantitative estimate of drug-likeness (QED) is 0.624. The van der Waals surface area contributed by atoms with Gasteiger partial charge in [0, 0.05) is 36.1 Å². The minimum absolute atomic E-state index is 0.151. The summed E-state index contributed by atoms with van der Waals surface area (Å²) in [5, 5.41) is 9.58. The van der Waals surface area contributed by atoms with Crippen LogP contribution < -0.4 is 4.74 Å². The van der Waals surface area contributed by atoms with Crippen molar-refractivity contribution in [2.45, 2.75) is 44.3 Å². The van der Waals surface area contributed by atoms with Gasteiger partial charge in [-0.1, -0.05) is 11.6 Å². The first-order valence-corrected chi connectivity index (χ1v) is 9.74. The lowest BCUT2D eigenvalue weighted by Crippen LogP contribution is -2.25. The van der Waals surface area contributed by atoms with Crippen molar-refractivity contribution in [2.24, 2.45) is 0 Å². The molecule has 0 N–H and O–H groups in total. The Morgan fingerprint density at radius 3 is 2.54 bits per heavy atom. The minimum atomic E-state index is 0.151. The predicted octanol–water partition coefficient (Wildman–Crippen LogP) is 3.96. The highest BCUT2D eigenvalue weighted by atomic mass is 35.5. The molecule has 1 aliphatic rings. The Balaban J connectivity index is 1.51. The van der Waals surface area contributed by atoms with Crippen LogP contribution in [0.3, 0.4) is 0 Å². The maximum atomic E-state index is 6.06. The normalized spacial score (nSPS) is 19.5. The van der Waals surface area contributed by atoms with Crippen molar-refractivity contribution in [3.05, 3.63) is 59.5 Å². The van der Waals surface area contributed by atoms with Gasteiger partial charge in [0.2, 0.25) is 5.88 Å². The van der Waals surface area contributed by atoms with Crippen molar-refractivity contribution in [3.8, 4) is 11.6 Å². The van der Waals surface area contributed by atoms with Crippen molar-refractivity contribution in [1.82, 2.24) is 24.7 Å². The van der Waals surface area contributed by atoms with Gasteiger partial charge in [0.05, 0.1) is 6.20 Å². The van der Waals surface area contributed by atoms with Crippen LogP contribution in [0.5, 0.6) is 5.88 Å². The lowest BCUT2D eigenvalue weighted by atomic mass is 9.86. The summed E-state index contributed by atoms with van der Waals surface area (Å²) in [5.41, 5.74) is 0.995. The third kappa shape index (κ3) is 4.15. The second-order valence-corrected chi connectivity index (χ2v) is 7.29. The maximum absolute atomic E-state index is 6.06. The fourth-order valence-corrected chi connectivity index (χ4v) is 3.77. The van der Waals surface area contributed by atoms with E-state index in [9.17, 15) is 0 Å². The summed E-state index contributed by atoms with van der Waals surface area (Å²) in [4.78, 5) is 8.25. The van der Waals surface area contributed by atoms with E-state index >= 15 is 0 Å². The Bertz CT molecular complexity index is 893. The molecule has 1 aliphatic carbocycles. The molecule has 0 unspecified atom stereocenters. The van der Waals surface area contributed by atoms with Crippen molar-refractivity contribution in [1.29, 1.82) is 0 Å². The van der Waals surface area contributed by atoms with Gasteiger partial charge >= 0.3 is 0 Å². The van der Waals surface area contributed by atoms with E-state index in [2.05, 4.69) is 24.7 Å². The Hall–Kier alpha value is -2.51. The number of halogens is 1. The molecule has 7 nitrogen and oxygen atoms in total. The van der Waals surface area contributed by atoms with E-state index in [1.807, 2.05) is 24.3 Å². The van der Waals surface area contributed by atoms with Crippen LogP contribution in [-0.4, -0.2) is 37.9 Å². The molecule has 0 aliphatic heterocycles. The highest BCUT2D eigenvalue weighted by Gasteiger charge is 2.29. The monoisotopic (exact) mass is 399 g/mol. The van der Waals surface area contributed by atoms with Crippen LogP contribution in [-0.2, 0) is 11.3 Å². The molecule has 28 heavy (non-hydrogen) atoms. The average Bonchev–Trinajstić information content (AvgIpc) is 3.14. The van der Waals surface area contributed by atoms with E-state index in [0.29, 0.717) is 23.4 Å². The van der Waals surface area contributed by atoms with E-state index in [4.69, 9.17) is 21.1 Å². The van der Waals surface area contributed by atoms with Crippen molar-refractivity contribution in [2.75, 3.05) is 7.11 Å². The summed E-state index contributed by atoms with van der Waals surface area (Å²) >= 11 is 6.06. The van der Waals surface area contributed by atoms with Gasteiger partial charge in [0.25, 0.3) is 0 Å². The zero-order valence-electron chi connectivity index (χ0n) is 15.7. The molecule has 2 aromatic heterocycles. The molecule has 1 aromatic carbocycles. The number of hydrogen-bond acceptors (Lipinski definition) is 6. The molecular formula is C20H22ClN5O2. The fourth-order valence-electron chi connectivity index (χ4n) is 3.64. The van der Waals surface area contributed by atoms with Crippen molar-refractivity contribution >= 4 is 11.6 Å². The average molecular weight is 400 g/mol. The first-order chi connectivity index (χ1) is 13.7. The summed E-state index contributed by atoms with van der Waals surface area (Å²) in [6.45, 7) is 0.404. The summed E-state index contributed by atoms with van der Waals surface area (Å²) in [5.74, 6) is 2.65. The summed E-state index contributed by atoms with van der Waals surface area (Å²) < 4.78 is 13.4. The lowest BCUT2D eigenvalue weighted by molar-refractivity contribution is 0.138. The smallest absolute Gasteiger partial charge is 0.232 e. The van der Waals surface area contributed by atoms with Crippen LogP contribution in [0.4, 0.5) is 0 Å². The number of nitrogens with zero attached hydrogens (tertiary/aromatic N) is 5. The SMILES string of the molecule is COCc1nnc(C2CCC(Oc3cnccn3)CC2)n1-c1ccc(Cl)cc1. The lowest BCUT2D eigenvalue weighted by Gasteiger charge is -2.28. The van der Waals surface area contributed by atoms with Crippen LogP contribution in [0.1, 0.15) is 43.3 Å². The zero-order chi connectivity index (χ0) is 19.3. The van der Waals surface area contributed by atoms with E-state index in [0.717, 1.165) is 43.0 Å². The Labute approximate surface area is 168 Å². The number of ether oxygens (including phenoxy) is 2. The second kappa shape index (κ2) is 8.67. The number of aromatic nitrogens is 5. The molecule has 0 atom stereocenters. The molecule has 146 valence electrons. The molecule has 0 radical (unpaired) electrons. The summed E-state index contributed by atoms with van der Waals surface area (Å²) in [6, 6.07) is 7.72. The van der Waals surface area contributed by atoms with Crippen LogP contribution in [0.25, 0.3) is 5.69 Å². The number of hydrogen-bond donors (Lipinski definition) is 0. The molecule has 0 amide bonds. The van der Waals surface area contributed by atoms with Crippen molar-refractivity contribution in [3.63, 3.8) is 0 Å². The van der Waals surface area contributed by atoms with Gasteiger partial charge in [-0.05, 0) is 49.9 Å². The Morgan fingerprint density at radius 1 is 1.07 bits per heavy atom.